The van der Waals surface area contributed by atoms with E-state index in [-0.39, 0.29) is 29.3 Å². The van der Waals surface area contributed by atoms with Crippen LogP contribution in [0.3, 0.4) is 0 Å². The monoisotopic (exact) mass is 406 g/mol. The molecule has 3 atom stereocenters. The Morgan fingerprint density at radius 3 is 2.64 bits per heavy atom. The van der Waals surface area contributed by atoms with E-state index in [0.717, 1.165) is 36.8 Å². The maximum Gasteiger partial charge on any atom is 0.144 e. The van der Waals surface area contributed by atoms with Crippen molar-refractivity contribution < 1.29 is 14.9 Å². The topological polar surface area (TPSA) is 49.7 Å². The largest absolute Gasteiger partial charge is 0.507 e. The van der Waals surface area contributed by atoms with E-state index in [1.807, 2.05) is 6.92 Å². The Morgan fingerprint density at radius 2 is 2.00 bits per heavy atom. The van der Waals surface area contributed by atoms with Gasteiger partial charge in [0.1, 0.15) is 21.7 Å². The van der Waals surface area contributed by atoms with E-state index in [2.05, 4.69) is 42.4 Å². The minimum absolute atomic E-state index is 0.0627. The first-order chi connectivity index (χ1) is 11.9. The Hall–Kier alpha value is -1.42. The molecular formula is C21H27BrO3. The van der Waals surface area contributed by atoms with E-state index in [4.69, 9.17) is 4.74 Å². The predicted molar refractivity (Wildman–Crippen MR) is 105 cm³/mol. The molecule has 0 radical (unpaired) electrons. The maximum atomic E-state index is 11.2. The highest BCUT2D eigenvalue weighted by atomic mass is 79.9. The minimum Gasteiger partial charge on any atom is -0.507 e. The number of halogens is 1. The molecule has 1 aliphatic heterocycles. The molecule has 0 spiro atoms. The fraction of sp³-hybridized carbons (Fsp3) is 0.524. The van der Waals surface area contributed by atoms with Crippen LogP contribution in [-0.2, 0) is 0 Å². The van der Waals surface area contributed by atoms with Gasteiger partial charge in [-0.3, -0.25) is 0 Å². The van der Waals surface area contributed by atoms with Crippen LogP contribution in [0.4, 0.5) is 0 Å². The molecule has 25 heavy (non-hydrogen) atoms. The zero-order valence-electron chi connectivity index (χ0n) is 15.2. The quantitative estimate of drug-likeness (QED) is 0.591. The van der Waals surface area contributed by atoms with Crippen molar-refractivity contribution in [3.63, 3.8) is 0 Å². The van der Waals surface area contributed by atoms with Crippen LogP contribution in [0, 0.1) is 5.92 Å². The van der Waals surface area contributed by atoms with Gasteiger partial charge in [-0.25, -0.2) is 0 Å². The lowest BCUT2D eigenvalue weighted by Gasteiger charge is -2.34. The smallest absolute Gasteiger partial charge is 0.144 e. The zero-order chi connectivity index (χ0) is 18.3. The summed E-state index contributed by atoms with van der Waals surface area (Å²) in [6.07, 6.45) is 6.02. The number of aromatic hydroxyl groups is 2. The van der Waals surface area contributed by atoms with Crippen LogP contribution < -0.4 is 4.74 Å². The molecule has 136 valence electrons. The van der Waals surface area contributed by atoms with E-state index in [0.29, 0.717) is 22.4 Å². The number of allylic oxidation sites excluding steroid dienone is 3. The molecule has 1 heterocycles. The highest BCUT2D eigenvalue weighted by molar-refractivity contribution is 9.10. The highest BCUT2D eigenvalue weighted by Gasteiger charge is 2.36. The fourth-order valence-corrected chi connectivity index (χ4v) is 4.85. The summed E-state index contributed by atoms with van der Waals surface area (Å²) in [7, 11) is 0. The van der Waals surface area contributed by atoms with Crippen molar-refractivity contribution in [3.05, 3.63) is 39.4 Å². The van der Waals surface area contributed by atoms with Crippen LogP contribution in [-0.4, -0.2) is 16.8 Å². The lowest BCUT2D eigenvalue weighted by atomic mass is 9.73. The van der Waals surface area contributed by atoms with Gasteiger partial charge >= 0.3 is 0 Å². The Morgan fingerprint density at radius 1 is 1.28 bits per heavy atom. The van der Waals surface area contributed by atoms with Crippen LogP contribution in [0.1, 0.15) is 69.4 Å². The van der Waals surface area contributed by atoms with Gasteiger partial charge in [-0.2, -0.15) is 0 Å². The molecule has 2 aliphatic rings. The summed E-state index contributed by atoms with van der Waals surface area (Å²) in [6.45, 7) is 11.0. The van der Waals surface area contributed by atoms with Crippen molar-refractivity contribution in [2.75, 3.05) is 6.61 Å². The molecule has 0 unspecified atom stereocenters. The molecule has 3 nitrogen and oxygen atoms in total. The van der Waals surface area contributed by atoms with Gasteiger partial charge in [-0.1, -0.05) is 30.7 Å². The first kappa shape index (κ1) is 18.4. The number of phenolic OH excluding ortho intramolecular Hbond substituents is 2. The van der Waals surface area contributed by atoms with Crippen LogP contribution >= 0.6 is 15.9 Å². The van der Waals surface area contributed by atoms with E-state index in [9.17, 15) is 10.2 Å². The number of fused-ring (bicyclic) bond motifs is 1. The molecule has 0 saturated carbocycles. The summed E-state index contributed by atoms with van der Waals surface area (Å²) in [6, 6.07) is 0. The van der Waals surface area contributed by atoms with Crippen LogP contribution in [0.2, 0.25) is 0 Å². The molecule has 2 N–H and O–H groups in total. The molecular weight excluding hydrogens is 380 g/mol. The van der Waals surface area contributed by atoms with Gasteiger partial charge in [0.2, 0.25) is 0 Å². The van der Waals surface area contributed by atoms with Crippen LogP contribution in [0.25, 0.3) is 0 Å². The molecule has 4 heteroatoms. The number of ether oxygens (including phenoxy) is 1. The Bertz CT molecular complexity index is 735. The van der Waals surface area contributed by atoms with Gasteiger partial charge in [0, 0.05) is 17.0 Å². The summed E-state index contributed by atoms with van der Waals surface area (Å²) in [5.74, 6) is 1.29. The van der Waals surface area contributed by atoms with Gasteiger partial charge in [0.25, 0.3) is 0 Å². The van der Waals surface area contributed by atoms with Crippen molar-refractivity contribution in [3.8, 4) is 17.2 Å². The normalized spacial score (nSPS) is 25.8. The third kappa shape index (κ3) is 3.10. The number of hydrogen-bond donors (Lipinski definition) is 2. The van der Waals surface area contributed by atoms with E-state index < -0.39 is 0 Å². The van der Waals surface area contributed by atoms with Crippen molar-refractivity contribution in [1.29, 1.82) is 0 Å². The molecule has 3 rings (SSSR count). The molecule has 1 aromatic carbocycles. The molecule has 0 saturated heterocycles. The second kappa shape index (κ2) is 7.06. The zero-order valence-corrected chi connectivity index (χ0v) is 16.8. The third-order valence-corrected chi connectivity index (χ3v) is 6.48. The Labute approximate surface area is 158 Å². The third-order valence-electron chi connectivity index (χ3n) is 5.74. The van der Waals surface area contributed by atoms with E-state index in [1.165, 1.54) is 5.57 Å². The minimum atomic E-state index is -0.0627. The summed E-state index contributed by atoms with van der Waals surface area (Å²) in [5.41, 5.74) is 3.83. The lowest BCUT2D eigenvalue weighted by molar-refractivity contribution is 0.254. The summed E-state index contributed by atoms with van der Waals surface area (Å²) < 4.78 is 6.35. The van der Waals surface area contributed by atoms with Gasteiger partial charge in [-0.05, 0) is 67.3 Å². The van der Waals surface area contributed by atoms with Crippen molar-refractivity contribution in [2.45, 2.75) is 58.3 Å². The van der Waals surface area contributed by atoms with Crippen LogP contribution in [0.15, 0.2) is 28.3 Å². The first-order valence-electron chi connectivity index (χ1n) is 9.09. The molecule has 1 aromatic rings. The summed E-state index contributed by atoms with van der Waals surface area (Å²) in [5, 5.41) is 22.0. The van der Waals surface area contributed by atoms with E-state index >= 15 is 0 Å². The van der Waals surface area contributed by atoms with Crippen molar-refractivity contribution in [1.82, 2.24) is 0 Å². The maximum absolute atomic E-state index is 11.2. The molecule has 0 bridgehead atoms. The first-order valence-corrected chi connectivity index (χ1v) is 9.88. The van der Waals surface area contributed by atoms with Gasteiger partial charge in [-0.15, -0.1) is 0 Å². The number of benzene rings is 1. The summed E-state index contributed by atoms with van der Waals surface area (Å²) >= 11 is 3.52. The molecule has 0 aromatic heterocycles. The number of rotatable bonds is 3. The highest BCUT2D eigenvalue weighted by Crippen LogP contribution is 2.56. The SMILES string of the molecule is C=C(C)[C@@H]1CCC(C)=C[C@H]1c1c(O)c(Br)c2c(c1O)[C@H](CC)CCO2. The van der Waals surface area contributed by atoms with Gasteiger partial charge < -0.3 is 14.9 Å². The van der Waals surface area contributed by atoms with Crippen molar-refractivity contribution in [2.24, 2.45) is 5.92 Å². The lowest BCUT2D eigenvalue weighted by Crippen LogP contribution is -2.20. The fourth-order valence-electron chi connectivity index (χ4n) is 4.31. The predicted octanol–water partition coefficient (Wildman–Crippen LogP) is 6.15. The summed E-state index contributed by atoms with van der Waals surface area (Å²) in [4.78, 5) is 0. The second-order valence-corrected chi connectivity index (χ2v) is 8.23. The standard InChI is InChI=1S/C21H27BrO3/c1-5-13-8-9-25-21-16(13)19(23)17(20(24)18(21)22)15-10-12(4)6-7-14(15)11(2)3/h10,13-15,23-24H,2,5-9H2,1,3-4H3/t13-,14+,15-/m1/s1. The van der Waals surface area contributed by atoms with Crippen molar-refractivity contribution >= 4 is 15.9 Å². The van der Waals surface area contributed by atoms with E-state index in [1.54, 1.807) is 0 Å². The average Bonchev–Trinajstić information content (AvgIpc) is 2.59. The molecule has 1 aliphatic carbocycles. The van der Waals surface area contributed by atoms with Gasteiger partial charge in [0.15, 0.2) is 0 Å². The number of phenols is 2. The van der Waals surface area contributed by atoms with Crippen LogP contribution in [0.5, 0.6) is 17.2 Å². The average molecular weight is 407 g/mol. The Balaban J connectivity index is 2.24. The van der Waals surface area contributed by atoms with Gasteiger partial charge in [0.05, 0.1) is 6.61 Å². The Kier molecular flexibility index (Phi) is 5.19. The molecule has 0 amide bonds. The molecule has 0 fully saturated rings. The second-order valence-electron chi connectivity index (χ2n) is 7.44. The number of hydrogen-bond acceptors (Lipinski definition) is 3.